The van der Waals surface area contributed by atoms with Gasteiger partial charge in [0.1, 0.15) is 5.82 Å². The number of nitrogens with zero attached hydrogens (tertiary/aromatic N) is 3. The number of allylic oxidation sites excluding steroid dienone is 1. The minimum atomic E-state index is -0.419. The molecule has 0 unspecified atom stereocenters. The summed E-state index contributed by atoms with van der Waals surface area (Å²) in [6.07, 6.45) is 1.52. The predicted molar refractivity (Wildman–Crippen MR) is 245 cm³/mol. The van der Waals surface area contributed by atoms with E-state index in [1.165, 1.54) is 60.9 Å². The third kappa shape index (κ3) is 4.82. The van der Waals surface area contributed by atoms with Crippen molar-refractivity contribution in [2.45, 2.75) is 25.2 Å². The summed E-state index contributed by atoms with van der Waals surface area (Å²) in [5.74, 6) is 1.67. The first-order chi connectivity index (χ1) is 29.2. The Kier molecular flexibility index (Phi) is 7.49. The molecular weight excluding hydrogens is 715 g/mol. The molecule has 0 radical (unpaired) electrons. The first kappa shape index (κ1) is 33.7. The van der Waals surface area contributed by atoms with Crippen LogP contribution < -0.4 is 0 Å². The minimum absolute atomic E-state index is 0.419. The summed E-state index contributed by atoms with van der Waals surface area (Å²) in [6.45, 7) is 2.26. The van der Waals surface area contributed by atoms with Gasteiger partial charge in [-0.05, 0) is 91.4 Å². The van der Waals surface area contributed by atoms with E-state index < -0.39 is 5.41 Å². The number of benzene rings is 8. The molecule has 1 spiro atoms. The molecule has 0 atom stereocenters. The summed E-state index contributed by atoms with van der Waals surface area (Å²) in [5.41, 5.74) is 19.1. The molecule has 3 aliphatic rings. The average molecular weight is 754 g/mol. The number of aliphatic imine (C=N–C) groups is 2. The van der Waals surface area contributed by atoms with Crippen LogP contribution in [0, 0.1) is 0 Å². The van der Waals surface area contributed by atoms with Crippen LogP contribution in [0.1, 0.15) is 53.1 Å². The molecule has 0 amide bonds. The molecule has 12 rings (SSSR count). The highest BCUT2D eigenvalue weighted by molar-refractivity contribution is 6.19. The van der Waals surface area contributed by atoms with Gasteiger partial charge in [-0.3, -0.25) is 4.57 Å². The number of fused-ring (bicyclic) bond motifs is 13. The van der Waals surface area contributed by atoms with E-state index in [4.69, 9.17) is 9.98 Å². The fourth-order valence-electron chi connectivity index (χ4n) is 10.4. The van der Waals surface area contributed by atoms with Gasteiger partial charge in [0.15, 0.2) is 5.84 Å². The third-order valence-corrected chi connectivity index (χ3v) is 12.9. The first-order valence-electron chi connectivity index (χ1n) is 20.7. The molecule has 3 heteroatoms. The van der Waals surface area contributed by atoms with E-state index in [1.807, 2.05) is 0 Å². The quantitative estimate of drug-likeness (QED) is 0.168. The lowest BCUT2D eigenvalue weighted by molar-refractivity contribution is 0.795. The molecule has 9 aromatic rings. The van der Waals surface area contributed by atoms with E-state index in [1.54, 1.807) is 0 Å². The summed E-state index contributed by atoms with van der Waals surface area (Å²) in [6, 6.07) is 70.9. The van der Waals surface area contributed by atoms with Gasteiger partial charge in [0.25, 0.3) is 0 Å². The second kappa shape index (κ2) is 13.1. The van der Waals surface area contributed by atoms with Crippen molar-refractivity contribution in [1.29, 1.82) is 0 Å². The second-order valence-corrected chi connectivity index (χ2v) is 15.9. The smallest absolute Gasteiger partial charge is 0.162 e. The van der Waals surface area contributed by atoms with Crippen molar-refractivity contribution < 1.29 is 0 Å². The van der Waals surface area contributed by atoms with Crippen molar-refractivity contribution in [3.05, 3.63) is 233 Å². The standard InChI is InChI=1S/C56H39N3/c1-2-36-33-51(38-21-7-4-8-22-38)57-54(44-28-10-9-23-39(44)37-19-5-3-6-20-37)58-55(36)59-52-32-18-14-27-43(52)46-34-50-45(35-53(46)59)42-26-13-17-31-49(42)56(50)47-29-15-11-24-40(47)41-25-12-16-30-48(41)56/h3-32,34-35H,2,33H2,1H3. The van der Waals surface area contributed by atoms with Gasteiger partial charge in [-0.2, -0.15) is 0 Å². The zero-order valence-electron chi connectivity index (χ0n) is 32.7. The van der Waals surface area contributed by atoms with Crippen LogP contribution in [0.15, 0.2) is 210 Å². The lowest BCUT2D eigenvalue weighted by Gasteiger charge is -2.30. The summed E-state index contributed by atoms with van der Waals surface area (Å²) < 4.78 is 2.45. The zero-order valence-corrected chi connectivity index (χ0v) is 32.7. The lowest BCUT2D eigenvalue weighted by atomic mass is 9.70. The fraction of sp³-hybridized carbons (Fsp3) is 0.0714. The monoisotopic (exact) mass is 753 g/mol. The Balaban J connectivity index is 1.17. The van der Waals surface area contributed by atoms with Crippen LogP contribution in [0.3, 0.4) is 0 Å². The van der Waals surface area contributed by atoms with E-state index in [9.17, 15) is 0 Å². The molecule has 8 aromatic carbocycles. The van der Waals surface area contributed by atoms with Crippen LogP contribution in [0.2, 0.25) is 0 Å². The van der Waals surface area contributed by atoms with Crippen molar-refractivity contribution in [3.63, 3.8) is 0 Å². The predicted octanol–water partition coefficient (Wildman–Crippen LogP) is 13.7. The highest BCUT2D eigenvalue weighted by Gasteiger charge is 2.51. The number of rotatable bonds is 5. The highest BCUT2D eigenvalue weighted by atomic mass is 15.1. The van der Waals surface area contributed by atoms with Crippen molar-refractivity contribution in [2.75, 3.05) is 0 Å². The maximum atomic E-state index is 5.74. The molecular formula is C56H39N3. The van der Waals surface area contributed by atoms with Gasteiger partial charge in [0.05, 0.1) is 22.2 Å². The van der Waals surface area contributed by atoms with E-state index in [0.717, 1.165) is 57.1 Å². The number of aromatic nitrogens is 1. The normalized spacial score (nSPS) is 14.8. The Morgan fingerprint density at radius 2 is 0.966 bits per heavy atom. The molecule has 0 saturated carbocycles. The molecule has 0 saturated heterocycles. The van der Waals surface area contributed by atoms with Gasteiger partial charge in [-0.1, -0.05) is 183 Å². The molecule has 59 heavy (non-hydrogen) atoms. The van der Waals surface area contributed by atoms with Gasteiger partial charge in [-0.25, -0.2) is 9.98 Å². The van der Waals surface area contributed by atoms with Crippen LogP contribution in [-0.2, 0) is 5.41 Å². The number of hydrogen-bond acceptors (Lipinski definition) is 2. The Morgan fingerprint density at radius 3 is 1.61 bits per heavy atom. The van der Waals surface area contributed by atoms with Crippen molar-refractivity contribution >= 4 is 39.2 Å². The summed E-state index contributed by atoms with van der Waals surface area (Å²) >= 11 is 0. The zero-order chi connectivity index (χ0) is 39.1. The maximum absolute atomic E-state index is 5.74. The molecule has 1 aromatic heterocycles. The molecule has 1 aliphatic heterocycles. The molecule has 0 fully saturated rings. The Bertz CT molecular complexity index is 3220. The van der Waals surface area contributed by atoms with Crippen LogP contribution in [0.5, 0.6) is 0 Å². The van der Waals surface area contributed by atoms with Gasteiger partial charge >= 0.3 is 0 Å². The van der Waals surface area contributed by atoms with E-state index >= 15 is 0 Å². The number of para-hydroxylation sites is 1. The van der Waals surface area contributed by atoms with Crippen LogP contribution in [-0.4, -0.2) is 16.1 Å². The SMILES string of the molecule is CCC1=C(n2c3ccccc3c3cc4c(cc32)-c2ccccc2C42c3ccccc3-c3ccccc32)N=C(c2ccccc2-c2ccccc2)N=C(c2ccccc2)C1. The van der Waals surface area contributed by atoms with E-state index in [0.29, 0.717) is 6.42 Å². The third-order valence-electron chi connectivity index (χ3n) is 12.9. The molecule has 0 bridgehead atoms. The Hall–Kier alpha value is -7.36. The summed E-state index contributed by atoms with van der Waals surface area (Å²) in [5, 5.41) is 2.44. The second-order valence-electron chi connectivity index (χ2n) is 15.9. The lowest BCUT2D eigenvalue weighted by Crippen LogP contribution is -2.25. The van der Waals surface area contributed by atoms with Crippen molar-refractivity contribution in [3.8, 4) is 33.4 Å². The Morgan fingerprint density at radius 1 is 0.441 bits per heavy atom. The van der Waals surface area contributed by atoms with Gasteiger partial charge in [0, 0.05) is 22.8 Å². The number of hydrogen-bond donors (Lipinski definition) is 0. The first-order valence-corrected chi connectivity index (χ1v) is 20.7. The molecule has 278 valence electrons. The molecule has 2 aliphatic carbocycles. The topological polar surface area (TPSA) is 29.6 Å². The van der Waals surface area contributed by atoms with Gasteiger partial charge < -0.3 is 0 Å². The highest BCUT2D eigenvalue weighted by Crippen LogP contribution is 2.63. The van der Waals surface area contributed by atoms with E-state index in [-0.39, 0.29) is 0 Å². The largest absolute Gasteiger partial charge is 0.294 e. The molecule has 0 N–H and O–H groups in total. The number of amidine groups is 1. The minimum Gasteiger partial charge on any atom is -0.294 e. The van der Waals surface area contributed by atoms with Crippen LogP contribution in [0.25, 0.3) is 61.0 Å². The maximum Gasteiger partial charge on any atom is 0.162 e. The van der Waals surface area contributed by atoms with Gasteiger partial charge in [-0.15, -0.1) is 0 Å². The molecule has 3 nitrogen and oxygen atoms in total. The van der Waals surface area contributed by atoms with Crippen LogP contribution in [0.4, 0.5) is 0 Å². The summed E-state index contributed by atoms with van der Waals surface area (Å²) in [7, 11) is 0. The fourth-order valence-corrected chi connectivity index (χ4v) is 10.4. The van der Waals surface area contributed by atoms with Crippen molar-refractivity contribution in [2.24, 2.45) is 9.98 Å². The van der Waals surface area contributed by atoms with E-state index in [2.05, 4.69) is 206 Å². The average Bonchev–Trinajstić information content (AvgIpc) is 3.84. The molecule has 2 heterocycles. The van der Waals surface area contributed by atoms with Gasteiger partial charge in [0.2, 0.25) is 0 Å². The Labute approximate surface area is 344 Å². The summed E-state index contributed by atoms with van der Waals surface area (Å²) in [4.78, 5) is 11.3. The van der Waals surface area contributed by atoms with Crippen LogP contribution >= 0.6 is 0 Å². The van der Waals surface area contributed by atoms with Crippen molar-refractivity contribution in [1.82, 2.24) is 4.57 Å².